The molecule has 1 saturated heterocycles. The number of nitrogens with two attached hydrogens (primary N) is 1. The van der Waals surface area contributed by atoms with E-state index in [1.165, 1.54) is 4.80 Å². The Morgan fingerprint density at radius 2 is 2.17 bits per heavy atom. The van der Waals surface area contributed by atoms with Gasteiger partial charge in [-0.3, -0.25) is 4.79 Å². The molecule has 4 N–H and O–H groups in total. The van der Waals surface area contributed by atoms with Crippen molar-refractivity contribution in [1.82, 2.24) is 25.6 Å². The molecule has 0 spiro atoms. The van der Waals surface area contributed by atoms with Crippen LogP contribution in [0, 0.1) is 0 Å². The van der Waals surface area contributed by atoms with Crippen LogP contribution >= 0.6 is 0 Å². The zero-order chi connectivity index (χ0) is 16.9. The van der Waals surface area contributed by atoms with Gasteiger partial charge in [-0.15, -0.1) is 0 Å². The van der Waals surface area contributed by atoms with Crippen LogP contribution in [-0.4, -0.2) is 39.1 Å². The van der Waals surface area contributed by atoms with Gasteiger partial charge in [-0.05, 0) is 5.56 Å². The van der Waals surface area contributed by atoms with Gasteiger partial charge < -0.3 is 21.1 Å². The molecule has 1 aliphatic rings. The number of carbonyl (C=O) groups is 2. The van der Waals surface area contributed by atoms with Crippen LogP contribution in [0.15, 0.2) is 36.5 Å². The Labute approximate surface area is 138 Å². The second kappa shape index (κ2) is 7.09. The number of nitrogens with zero attached hydrogens (tertiary/aromatic N) is 3. The molecule has 1 aromatic heterocycles. The first kappa shape index (κ1) is 15.9. The highest BCUT2D eigenvalue weighted by Gasteiger charge is 2.41. The third-order valence-corrected chi connectivity index (χ3v) is 3.65. The Balaban J connectivity index is 1.49. The second-order valence-corrected chi connectivity index (χ2v) is 5.39. The standard InChI is InChI=1S/C15H18N6O3/c16-6-11-7-17-21(20-11)8-12-13(14(22)18-12)19-15(23)24-9-10-4-2-1-3-5-10/h1-5,7,12-13H,6,8-9,16H2,(H,18,22)(H,19,23)/t12-,13+/m1/s1. The molecule has 2 heterocycles. The number of rotatable bonds is 6. The number of alkyl carbamates (subject to hydrolysis) is 1. The van der Waals surface area contributed by atoms with Crippen molar-refractivity contribution in [1.29, 1.82) is 0 Å². The Morgan fingerprint density at radius 3 is 2.83 bits per heavy atom. The zero-order valence-corrected chi connectivity index (χ0v) is 12.9. The maximum atomic E-state index is 11.8. The lowest BCUT2D eigenvalue weighted by Crippen LogP contribution is -2.70. The van der Waals surface area contributed by atoms with E-state index < -0.39 is 12.1 Å². The molecule has 9 heteroatoms. The van der Waals surface area contributed by atoms with Crippen molar-refractivity contribution in [3.8, 4) is 0 Å². The maximum Gasteiger partial charge on any atom is 0.408 e. The van der Waals surface area contributed by atoms with E-state index in [1.807, 2.05) is 30.3 Å². The number of hydrogen-bond donors (Lipinski definition) is 3. The van der Waals surface area contributed by atoms with Crippen molar-refractivity contribution in [2.45, 2.75) is 31.8 Å². The summed E-state index contributed by atoms with van der Waals surface area (Å²) in [6, 6.07) is 8.35. The number of ether oxygens (including phenoxy) is 1. The molecular weight excluding hydrogens is 312 g/mol. The van der Waals surface area contributed by atoms with Gasteiger partial charge in [0.15, 0.2) is 0 Å². The van der Waals surface area contributed by atoms with Crippen molar-refractivity contribution in [3.63, 3.8) is 0 Å². The highest BCUT2D eigenvalue weighted by Crippen LogP contribution is 2.09. The van der Waals surface area contributed by atoms with Crippen LogP contribution in [0.25, 0.3) is 0 Å². The molecule has 126 valence electrons. The number of carbonyl (C=O) groups excluding carboxylic acids is 2. The molecule has 3 rings (SSSR count). The Kier molecular flexibility index (Phi) is 4.71. The van der Waals surface area contributed by atoms with Gasteiger partial charge in [0.1, 0.15) is 12.6 Å². The third-order valence-electron chi connectivity index (χ3n) is 3.65. The first-order chi connectivity index (χ1) is 11.7. The van der Waals surface area contributed by atoms with Gasteiger partial charge in [0.2, 0.25) is 5.91 Å². The Hall–Kier alpha value is -2.94. The fourth-order valence-corrected chi connectivity index (χ4v) is 2.34. The molecule has 0 saturated carbocycles. The van der Waals surface area contributed by atoms with Crippen LogP contribution in [0.2, 0.25) is 0 Å². The summed E-state index contributed by atoms with van der Waals surface area (Å²) in [5, 5.41) is 13.5. The number of aromatic nitrogens is 3. The normalized spacial score (nSPS) is 19.3. The van der Waals surface area contributed by atoms with Crippen molar-refractivity contribution >= 4 is 12.0 Å². The van der Waals surface area contributed by atoms with Crippen LogP contribution in [-0.2, 0) is 29.2 Å². The lowest BCUT2D eigenvalue weighted by molar-refractivity contribution is -0.132. The average Bonchev–Trinajstić information content (AvgIpc) is 3.06. The molecule has 1 aromatic carbocycles. The van der Waals surface area contributed by atoms with E-state index >= 15 is 0 Å². The van der Waals surface area contributed by atoms with E-state index in [-0.39, 0.29) is 18.6 Å². The minimum absolute atomic E-state index is 0.145. The smallest absolute Gasteiger partial charge is 0.408 e. The van der Waals surface area contributed by atoms with Crippen LogP contribution in [0.4, 0.5) is 4.79 Å². The van der Waals surface area contributed by atoms with Gasteiger partial charge >= 0.3 is 6.09 Å². The van der Waals surface area contributed by atoms with Crippen molar-refractivity contribution < 1.29 is 14.3 Å². The van der Waals surface area contributed by atoms with E-state index in [4.69, 9.17) is 10.5 Å². The summed E-state index contributed by atoms with van der Waals surface area (Å²) in [4.78, 5) is 24.9. The average molecular weight is 330 g/mol. The van der Waals surface area contributed by atoms with Crippen LogP contribution in [0.3, 0.4) is 0 Å². The molecule has 0 radical (unpaired) electrons. The molecule has 1 aliphatic heterocycles. The van der Waals surface area contributed by atoms with Crippen LogP contribution in [0.5, 0.6) is 0 Å². The van der Waals surface area contributed by atoms with Gasteiger partial charge in [0, 0.05) is 6.54 Å². The number of nitrogens with one attached hydrogen (secondary N) is 2. The largest absolute Gasteiger partial charge is 0.445 e. The zero-order valence-electron chi connectivity index (χ0n) is 12.9. The van der Waals surface area contributed by atoms with Gasteiger partial charge in [0.25, 0.3) is 0 Å². The second-order valence-electron chi connectivity index (χ2n) is 5.39. The van der Waals surface area contributed by atoms with Crippen LogP contribution in [0.1, 0.15) is 11.3 Å². The maximum absolute atomic E-state index is 11.8. The molecule has 0 aliphatic carbocycles. The molecule has 2 aromatic rings. The summed E-state index contributed by atoms with van der Waals surface area (Å²) in [5.41, 5.74) is 7.01. The fraction of sp³-hybridized carbons (Fsp3) is 0.333. The summed E-state index contributed by atoms with van der Waals surface area (Å²) in [6.45, 7) is 0.784. The Morgan fingerprint density at radius 1 is 1.38 bits per heavy atom. The highest BCUT2D eigenvalue weighted by atomic mass is 16.5. The molecule has 0 unspecified atom stereocenters. The van der Waals surface area contributed by atoms with Gasteiger partial charge in [-0.2, -0.15) is 15.0 Å². The lowest BCUT2D eigenvalue weighted by Gasteiger charge is -2.36. The third kappa shape index (κ3) is 3.69. The predicted octanol–water partition coefficient (Wildman–Crippen LogP) is -0.470. The van der Waals surface area contributed by atoms with E-state index in [2.05, 4.69) is 20.8 Å². The van der Waals surface area contributed by atoms with E-state index in [9.17, 15) is 9.59 Å². The molecule has 9 nitrogen and oxygen atoms in total. The van der Waals surface area contributed by atoms with Gasteiger partial charge in [-0.25, -0.2) is 4.79 Å². The summed E-state index contributed by atoms with van der Waals surface area (Å²) < 4.78 is 5.12. The Bertz CT molecular complexity index is 717. The molecule has 2 amide bonds. The quantitative estimate of drug-likeness (QED) is 0.615. The monoisotopic (exact) mass is 330 g/mol. The summed E-state index contributed by atoms with van der Waals surface area (Å²) in [5.74, 6) is -0.261. The fourth-order valence-electron chi connectivity index (χ4n) is 2.34. The molecule has 24 heavy (non-hydrogen) atoms. The van der Waals surface area contributed by atoms with Gasteiger partial charge in [0.05, 0.1) is 24.5 Å². The number of benzene rings is 1. The van der Waals surface area contributed by atoms with Gasteiger partial charge in [-0.1, -0.05) is 30.3 Å². The number of β-lactam (4-membered cyclic amide) rings is 1. The van der Waals surface area contributed by atoms with Crippen molar-refractivity contribution in [2.24, 2.45) is 5.73 Å². The first-order valence-corrected chi connectivity index (χ1v) is 7.52. The predicted molar refractivity (Wildman–Crippen MR) is 83.4 cm³/mol. The molecule has 2 atom stereocenters. The molecule has 1 fully saturated rings. The topological polar surface area (TPSA) is 124 Å². The lowest BCUT2D eigenvalue weighted by atomic mass is 9.99. The molecule has 0 bridgehead atoms. The summed E-state index contributed by atoms with van der Waals surface area (Å²) in [7, 11) is 0. The number of hydrogen-bond acceptors (Lipinski definition) is 6. The molecular formula is C15H18N6O3. The van der Waals surface area contributed by atoms with Crippen LogP contribution < -0.4 is 16.4 Å². The highest BCUT2D eigenvalue weighted by molar-refractivity contribution is 5.92. The SMILES string of the molecule is NCc1cnn(C[C@H]2NC(=O)[C@H]2NC(=O)OCc2ccccc2)n1. The van der Waals surface area contributed by atoms with E-state index in [0.29, 0.717) is 18.8 Å². The van der Waals surface area contributed by atoms with Crippen molar-refractivity contribution in [2.75, 3.05) is 0 Å². The summed E-state index contributed by atoms with van der Waals surface area (Å²) in [6.07, 6.45) is 0.927. The van der Waals surface area contributed by atoms with Crippen molar-refractivity contribution in [3.05, 3.63) is 47.8 Å². The number of amides is 2. The minimum atomic E-state index is -0.666. The van der Waals surface area contributed by atoms with E-state index in [0.717, 1.165) is 5.56 Å². The first-order valence-electron chi connectivity index (χ1n) is 7.52. The summed E-state index contributed by atoms with van der Waals surface area (Å²) >= 11 is 0. The van der Waals surface area contributed by atoms with E-state index in [1.54, 1.807) is 6.20 Å². The minimum Gasteiger partial charge on any atom is -0.445 e.